The Balaban J connectivity index is 1.86. The summed E-state index contributed by atoms with van der Waals surface area (Å²) in [5.74, 6) is 1.42. The Morgan fingerprint density at radius 1 is 1.37 bits per heavy atom. The highest BCUT2D eigenvalue weighted by atomic mass is 19.1. The number of likely N-dealkylation sites (tertiary alicyclic amines) is 1. The highest BCUT2D eigenvalue weighted by molar-refractivity contribution is 5.22. The number of nitrogens with one attached hydrogen (secondary N) is 1. The second-order valence-electron chi connectivity index (χ2n) is 5.97. The van der Waals surface area contributed by atoms with E-state index in [0.717, 1.165) is 43.5 Å². The standard InChI is InChI=1S/C16H23FN2/c1-3-16(13-6-4-5-7-15(13)17)19-10-12-8-18-9-14(12)11(19)2/h4-7,11-12,14,16,18H,3,8-10H2,1-2H3. The summed E-state index contributed by atoms with van der Waals surface area (Å²) in [5.41, 5.74) is 0.866. The number of hydrogen-bond acceptors (Lipinski definition) is 2. The maximum atomic E-state index is 14.1. The minimum absolute atomic E-state index is 0.0586. The minimum atomic E-state index is -0.0586. The average Bonchev–Trinajstić information content (AvgIpc) is 2.97. The number of fused-ring (bicyclic) bond motifs is 1. The normalized spacial score (nSPS) is 32.5. The van der Waals surface area contributed by atoms with Crippen LogP contribution in [0.4, 0.5) is 4.39 Å². The first-order chi connectivity index (χ1) is 9.22. The lowest BCUT2D eigenvalue weighted by atomic mass is 9.95. The van der Waals surface area contributed by atoms with Crippen molar-refractivity contribution in [2.45, 2.75) is 32.4 Å². The van der Waals surface area contributed by atoms with E-state index in [-0.39, 0.29) is 11.9 Å². The van der Waals surface area contributed by atoms with E-state index in [9.17, 15) is 4.39 Å². The van der Waals surface area contributed by atoms with Crippen LogP contribution in [0.25, 0.3) is 0 Å². The molecule has 2 heterocycles. The molecule has 2 aliphatic heterocycles. The highest BCUT2D eigenvalue weighted by Crippen LogP contribution is 2.39. The van der Waals surface area contributed by atoms with Gasteiger partial charge < -0.3 is 5.32 Å². The zero-order chi connectivity index (χ0) is 13.4. The smallest absolute Gasteiger partial charge is 0.127 e. The van der Waals surface area contributed by atoms with E-state index in [0.29, 0.717) is 6.04 Å². The number of halogens is 1. The van der Waals surface area contributed by atoms with Gasteiger partial charge in [-0.3, -0.25) is 4.90 Å². The SMILES string of the molecule is CCC(c1ccccc1F)N1CC2CNCC2C1C. The molecule has 2 nitrogen and oxygen atoms in total. The van der Waals surface area contributed by atoms with E-state index in [2.05, 4.69) is 24.1 Å². The van der Waals surface area contributed by atoms with Gasteiger partial charge in [0.15, 0.2) is 0 Å². The summed E-state index contributed by atoms with van der Waals surface area (Å²) in [6, 6.07) is 8.03. The molecule has 0 aliphatic carbocycles. The summed E-state index contributed by atoms with van der Waals surface area (Å²) in [5, 5.41) is 3.48. The van der Waals surface area contributed by atoms with E-state index in [1.807, 2.05) is 12.1 Å². The topological polar surface area (TPSA) is 15.3 Å². The average molecular weight is 262 g/mol. The predicted octanol–water partition coefficient (Wildman–Crippen LogP) is 2.82. The first-order valence-electron chi connectivity index (χ1n) is 7.43. The molecule has 0 amide bonds. The van der Waals surface area contributed by atoms with Crippen molar-refractivity contribution in [3.63, 3.8) is 0 Å². The molecule has 19 heavy (non-hydrogen) atoms. The summed E-state index contributed by atoms with van der Waals surface area (Å²) < 4.78 is 14.1. The van der Waals surface area contributed by atoms with Gasteiger partial charge in [0.05, 0.1) is 0 Å². The van der Waals surface area contributed by atoms with E-state index in [1.165, 1.54) is 0 Å². The van der Waals surface area contributed by atoms with Crippen LogP contribution in [0.15, 0.2) is 24.3 Å². The summed E-state index contributed by atoms with van der Waals surface area (Å²) >= 11 is 0. The van der Waals surface area contributed by atoms with E-state index in [4.69, 9.17) is 0 Å². The van der Waals surface area contributed by atoms with Gasteiger partial charge in [-0.15, -0.1) is 0 Å². The van der Waals surface area contributed by atoms with E-state index < -0.39 is 0 Å². The molecule has 3 heteroatoms. The maximum Gasteiger partial charge on any atom is 0.127 e. The van der Waals surface area contributed by atoms with Crippen LogP contribution in [0.5, 0.6) is 0 Å². The molecule has 2 saturated heterocycles. The molecule has 1 N–H and O–H groups in total. The van der Waals surface area contributed by atoms with Crippen LogP contribution < -0.4 is 5.32 Å². The summed E-state index contributed by atoms with van der Waals surface area (Å²) in [6.07, 6.45) is 0.970. The van der Waals surface area contributed by atoms with Crippen LogP contribution in [-0.4, -0.2) is 30.6 Å². The molecule has 3 rings (SSSR count). The first kappa shape index (κ1) is 13.1. The van der Waals surface area contributed by atoms with E-state index >= 15 is 0 Å². The third-order valence-electron chi connectivity index (χ3n) is 5.03. The Kier molecular flexibility index (Phi) is 3.59. The van der Waals surface area contributed by atoms with Gasteiger partial charge in [0.2, 0.25) is 0 Å². The quantitative estimate of drug-likeness (QED) is 0.901. The summed E-state index contributed by atoms with van der Waals surface area (Å²) in [4.78, 5) is 2.52. The third kappa shape index (κ3) is 2.19. The summed E-state index contributed by atoms with van der Waals surface area (Å²) in [7, 11) is 0. The molecule has 1 aromatic carbocycles. The Labute approximate surface area is 115 Å². The Hall–Kier alpha value is -0.930. The van der Waals surface area contributed by atoms with Crippen molar-refractivity contribution in [3.05, 3.63) is 35.6 Å². The molecule has 104 valence electrons. The van der Waals surface area contributed by atoms with Crippen molar-refractivity contribution >= 4 is 0 Å². The largest absolute Gasteiger partial charge is 0.316 e. The van der Waals surface area contributed by atoms with Crippen molar-refractivity contribution < 1.29 is 4.39 Å². The van der Waals surface area contributed by atoms with Crippen LogP contribution in [0, 0.1) is 17.7 Å². The van der Waals surface area contributed by atoms with Crippen molar-refractivity contribution in [2.24, 2.45) is 11.8 Å². The van der Waals surface area contributed by atoms with Crippen LogP contribution >= 0.6 is 0 Å². The number of nitrogens with zero attached hydrogens (tertiary/aromatic N) is 1. The lowest BCUT2D eigenvalue weighted by Crippen LogP contribution is -2.36. The molecular formula is C16H23FN2. The summed E-state index contributed by atoms with van der Waals surface area (Å²) in [6.45, 7) is 7.82. The molecule has 0 saturated carbocycles. The van der Waals surface area contributed by atoms with Crippen molar-refractivity contribution in [1.29, 1.82) is 0 Å². The van der Waals surface area contributed by atoms with E-state index in [1.54, 1.807) is 12.1 Å². The zero-order valence-corrected chi connectivity index (χ0v) is 11.8. The number of rotatable bonds is 3. The minimum Gasteiger partial charge on any atom is -0.316 e. The van der Waals surface area contributed by atoms with Gasteiger partial charge >= 0.3 is 0 Å². The lowest BCUT2D eigenvalue weighted by molar-refractivity contribution is 0.162. The van der Waals surface area contributed by atoms with Crippen LogP contribution in [0.2, 0.25) is 0 Å². The van der Waals surface area contributed by atoms with Gasteiger partial charge in [0, 0.05) is 24.2 Å². The Morgan fingerprint density at radius 3 is 2.84 bits per heavy atom. The fraction of sp³-hybridized carbons (Fsp3) is 0.625. The molecule has 1 aromatic rings. The van der Waals surface area contributed by atoms with Gasteiger partial charge in [0.1, 0.15) is 5.82 Å². The van der Waals surface area contributed by atoms with Gasteiger partial charge in [-0.25, -0.2) is 4.39 Å². The Morgan fingerprint density at radius 2 is 2.16 bits per heavy atom. The lowest BCUT2D eigenvalue weighted by Gasteiger charge is -2.33. The molecule has 0 radical (unpaired) electrons. The molecular weight excluding hydrogens is 239 g/mol. The number of hydrogen-bond donors (Lipinski definition) is 1. The van der Waals surface area contributed by atoms with Crippen molar-refractivity contribution in [3.8, 4) is 0 Å². The third-order valence-corrected chi connectivity index (χ3v) is 5.03. The van der Waals surface area contributed by atoms with Crippen LogP contribution in [0.3, 0.4) is 0 Å². The van der Waals surface area contributed by atoms with Crippen molar-refractivity contribution in [1.82, 2.24) is 10.2 Å². The molecule has 2 fully saturated rings. The molecule has 0 aromatic heterocycles. The first-order valence-corrected chi connectivity index (χ1v) is 7.43. The highest BCUT2D eigenvalue weighted by Gasteiger charge is 2.44. The van der Waals surface area contributed by atoms with Gasteiger partial charge in [-0.1, -0.05) is 25.1 Å². The molecule has 4 unspecified atom stereocenters. The van der Waals surface area contributed by atoms with Crippen LogP contribution in [0.1, 0.15) is 31.9 Å². The van der Waals surface area contributed by atoms with Gasteiger partial charge in [0.25, 0.3) is 0 Å². The maximum absolute atomic E-state index is 14.1. The second kappa shape index (κ2) is 5.22. The Bertz CT molecular complexity index is 448. The predicted molar refractivity (Wildman–Crippen MR) is 75.4 cm³/mol. The molecule has 4 atom stereocenters. The second-order valence-corrected chi connectivity index (χ2v) is 5.97. The fourth-order valence-electron chi connectivity index (χ4n) is 3.99. The number of benzene rings is 1. The van der Waals surface area contributed by atoms with Crippen molar-refractivity contribution in [2.75, 3.05) is 19.6 Å². The zero-order valence-electron chi connectivity index (χ0n) is 11.8. The molecule has 0 bridgehead atoms. The van der Waals surface area contributed by atoms with Crippen LogP contribution in [-0.2, 0) is 0 Å². The van der Waals surface area contributed by atoms with Gasteiger partial charge in [-0.2, -0.15) is 0 Å². The fourth-order valence-corrected chi connectivity index (χ4v) is 3.99. The monoisotopic (exact) mass is 262 g/mol. The molecule has 0 spiro atoms. The molecule has 2 aliphatic rings. The van der Waals surface area contributed by atoms with Gasteiger partial charge in [-0.05, 0) is 44.3 Å².